The maximum absolute atomic E-state index is 5.49. The van der Waals surface area contributed by atoms with E-state index in [2.05, 4.69) is 28.8 Å². The highest BCUT2D eigenvalue weighted by molar-refractivity contribution is 5.58. The second-order valence-corrected chi connectivity index (χ2v) is 4.32. The Bertz CT molecular complexity index is 428. The van der Waals surface area contributed by atoms with Crippen molar-refractivity contribution < 1.29 is 4.74 Å². The Labute approximate surface area is 103 Å². The second-order valence-electron chi connectivity index (χ2n) is 4.32. The van der Waals surface area contributed by atoms with Crippen LogP contribution >= 0.6 is 0 Å². The Morgan fingerprint density at radius 1 is 1.24 bits per heavy atom. The molecule has 3 nitrogen and oxygen atoms in total. The molecule has 0 atom stereocenters. The third kappa shape index (κ3) is 2.54. The van der Waals surface area contributed by atoms with Crippen molar-refractivity contribution in [2.24, 2.45) is 0 Å². The first-order chi connectivity index (χ1) is 8.24. The number of ether oxygens (including phenoxy) is 1. The molecule has 0 unspecified atom stereocenters. The molecule has 3 heteroatoms. The van der Waals surface area contributed by atoms with Gasteiger partial charge in [0.15, 0.2) is 0 Å². The number of hydrogen-bond acceptors (Lipinski definition) is 3. The van der Waals surface area contributed by atoms with Gasteiger partial charge in [0, 0.05) is 31.9 Å². The van der Waals surface area contributed by atoms with Crippen molar-refractivity contribution in [2.45, 2.75) is 0 Å². The van der Waals surface area contributed by atoms with Gasteiger partial charge in [-0.1, -0.05) is 5.92 Å². The van der Waals surface area contributed by atoms with E-state index >= 15 is 0 Å². The first-order valence-electron chi connectivity index (χ1n) is 5.82. The zero-order valence-electron chi connectivity index (χ0n) is 10.4. The summed E-state index contributed by atoms with van der Waals surface area (Å²) in [5.41, 5.74) is 2.01. The molecule has 1 aliphatic heterocycles. The van der Waals surface area contributed by atoms with Gasteiger partial charge in [0.25, 0.3) is 0 Å². The van der Waals surface area contributed by atoms with E-state index in [1.807, 2.05) is 12.1 Å². The number of methoxy groups -OCH3 is 1. The Morgan fingerprint density at radius 3 is 2.53 bits per heavy atom. The van der Waals surface area contributed by atoms with Gasteiger partial charge in [0.1, 0.15) is 5.75 Å². The molecule has 1 aliphatic rings. The quantitative estimate of drug-likeness (QED) is 0.715. The largest absolute Gasteiger partial charge is 0.495 e. The van der Waals surface area contributed by atoms with E-state index in [-0.39, 0.29) is 0 Å². The molecule has 1 aromatic carbocycles. The van der Waals surface area contributed by atoms with Crippen molar-refractivity contribution in [1.29, 1.82) is 0 Å². The molecule has 0 saturated carbocycles. The molecule has 0 N–H and O–H groups in total. The summed E-state index contributed by atoms with van der Waals surface area (Å²) in [7, 11) is 3.80. The Balaban J connectivity index is 2.19. The van der Waals surface area contributed by atoms with E-state index in [9.17, 15) is 0 Å². The van der Waals surface area contributed by atoms with Gasteiger partial charge in [-0.3, -0.25) is 0 Å². The van der Waals surface area contributed by atoms with Crippen LogP contribution in [0.25, 0.3) is 0 Å². The predicted octanol–water partition coefficient (Wildman–Crippen LogP) is 1.43. The molecule has 0 radical (unpaired) electrons. The van der Waals surface area contributed by atoms with Crippen molar-refractivity contribution in [3.63, 3.8) is 0 Å². The lowest BCUT2D eigenvalue weighted by Gasteiger charge is -2.34. The van der Waals surface area contributed by atoms with Gasteiger partial charge in [-0.25, -0.2) is 0 Å². The molecule has 1 fully saturated rings. The number of hydrogen-bond donors (Lipinski definition) is 0. The average Bonchev–Trinajstić information content (AvgIpc) is 2.39. The Hall–Kier alpha value is -1.66. The van der Waals surface area contributed by atoms with Crippen LogP contribution in [0.5, 0.6) is 5.75 Å². The number of benzene rings is 1. The van der Waals surface area contributed by atoms with E-state index in [0.717, 1.165) is 37.5 Å². The fraction of sp³-hybridized carbons (Fsp3) is 0.429. The average molecular weight is 230 g/mol. The summed E-state index contributed by atoms with van der Waals surface area (Å²) in [6, 6.07) is 6.05. The summed E-state index contributed by atoms with van der Waals surface area (Å²) in [5, 5.41) is 0. The van der Waals surface area contributed by atoms with Gasteiger partial charge in [0.05, 0.1) is 12.7 Å². The molecule has 1 heterocycles. The number of piperazine rings is 1. The van der Waals surface area contributed by atoms with Crippen molar-refractivity contribution in [2.75, 3.05) is 45.2 Å². The van der Waals surface area contributed by atoms with Crippen LogP contribution < -0.4 is 9.64 Å². The normalized spacial score (nSPS) is 16.6. The molecule has 90 valence electrons. The van der Waals surface area contributed by atoms with Crippen LogP contribution in [0, 0.1) is 12.3 Å². The van der Waals surface area contributed by atoms with Crippen LogP contribution in [-0.2, 0) is 0 Å². The summed E-state index contributed by atoms with van der Waals surface area (Å²) >= 11 is 0. The number of nitrogens with zero attached hydrogens (tertiary/aromatic N) is 2. The zero-order valence-corrected chi connectivity index (χ0v) is 10.4. The third-order valence-electron chi connectivity index (χ3n) is 3.21. The SMILES string of the molecule is C#Cc1cc(N2CCN(C)CC2)ccc1OC. The van der Waals surface area contributed by atoms with Crippen LogP contribution in [0.4, 0.5) is 5.69 Å². The van der Waals surface area contributed by atoms with Crippen molar-refractivity contribution in [3.8, 4) is 18.1 Å². The number of likely N-dealkylation sites (N-methyl/N-ethyl adjacent to an activating group) is 1. The van der Waals surface area contributed by atoms with Crippen LogP contribution in [-0.4, -0.2) is 45.2 Å². The highest BCUT2D eigenvalue weighted by Crippen LogP contribution is 2.24. The standard InChI is InChI=1S/C14H18N2O/c1-4-12-11-13(5-6-14(12)17-3)16-9-7-15(2)8-10-16/h1,5-6,11H,7-10H2,2-3H3. The van der Waals surface area contributed by atoms with Crippen molar-refractivity contribution in [1.82, 2.24) is 4.90 Å². The van der Waals surface area contributed by atoms with E-state index < -0.39 is 0 Å². The molecular weight excluding hydrogens is 212 g/mol. The van der Waals surface area contributed by atoms with E-state index in [1.165, 1.54) is 5.69 Å². The van der Waals surface area contributed by atoms with Gasteiger partial charge in [-0.2, -0.15) is 0 Å². The highest BCUT2D eigenvalue weighted by Gasteiger charge is 2.15. The molecule has 0 bridgehead atoms. The lowest BCUT2D eigenvalue weighted by molar-refractivity contribution is 0.313. The lowest BCUT2D eigenvalue weighted by atomic mass is 10.1. The second kappa shape index (κ2) is 5.11. The third-order valence-corrected chi connectivity index (χ3v) is 3.21. The van der Waals surface area contributed by atoms with Crippen LogP contribution in [0.15, 0.2) is 18.2 Å². The van der Waals surface area contributed by atoms with Crippen LogP contribution in [0.1, 0.15) is 5.56 Å². The van der Waals surface area contributed by atoms with E-state index in [4.69, 9.17) is 11.2 Å². The Morgan fingerprint density at radius 2 is 1.94 bits per heavy atom. The molecule has 2 rings (SSSR count). The predicted molar refractivity (Wildman–Crippen MR) is 70.6 cm³/mol. The molecule has 0 aliphatic carbocycles. The monoisotopic (exact) mass is 230 g/mol. The van der Waals surface area contributed by atoms with Crippen LogP contribution in [0.2, 0.25) is 0 Å². The zero-order chi connectivity index (χ0) is 12.3. The molecule has 0 aromatic heterocycles. The minimum absolute atomic E-state index is 0.769. The molecule has 0 spiro atoms. The summed E-state index contributed by atoms with van der Waals surface area (Å²) in [6.07, 6.45) is 5.49. The molecule has 0 amide bonds. The molecule has 17 heavy (non-hydrogen) atoms. The van der Waals surface area contributed by atoms with Gasteiger partial charge in [0.2, 0.25) is 0 Å². The minimum atomic E-state index is 0.769. The van der Waals surface area contributed by atoms with Gasteiger partial charge in [-0.05, 0) is 25.2 Å². The topological polar surface area (TPSA) is 15.7 Å². The smallest absolute Gasteiger partial charge is 0.134 e. The number of rotatable bonds is 2. The first kappa shape index (κ1) is 11.8. The van der Waals surface area contributed by atoms with Gasteiger partial charge >= 0.3 is 0 Å². The molecule has 1 aromatic rings. The number of anilines is 1. The highest BCUT2D eigenvalue weighted by atomic mass is 16.5. The van der Waals surface area contributed by atoms with E-state index in [1.54, 1.807) is 7.11 Å². The molecule has 1 saturated heterocycles. The molecular formula is C14H18N2O. The Kier molecular flexibility index (Phi) is 3.55. The lowest BCUT2D eigenvalue weighted by Crippen LogP contribution is -2.44. The summed E-state index contributed by atoms with van der Waals surface area (Å²) < 4.78 is 5.23. The van der Waals surface area contributed by atoms with Crippen molar-refractivity contribution >= 4 is 5.69 Å². The van der Waals surface area contributed by atoms with Crippen LogP contribution in [0.3, 0.4) is 0 Å². The van der Waals surface area contributed by atoms with Gasteiger partial charge < -0.3 is 14.5 Å². The minimum Gasteiger partial charge on any atom is -0.495 e. The summed E-state index contributed by atoms with van der Waals surface area (Å²) in [4.78, 5) is 4.70. The number of terminal acetylenes is 1. The summed E-state index contributed by atoms with van der Waals surface area (Å²) in [5.74, 6) is 3.44. The van der Waals surface area contributed by atoms with Gasteiger partial charge in [-0.15, -0.1) is 6.42 Å². The fourth-order valence-corrected chi connectivity index (χ4v) is 2.07. The maximum Gasteiger partial charge on any atom is 0.134 e. The van der Waals surface area contributed by atoms with E-state index in [0.29, 0.717) is 0 Å². The summed E-state index contributed by atoms with van der Waals surface area (Å²) in [6.45, 7) is 4.29. The van der Waals surface area contributed by atoms with Crippen molar-refractivity contribution in [3.05, 3.63) is 23.8 Å². The maximum atomic E-state index is 5.49. The fourth-order valence-electron chi connectivity index (χ4n) is 2.07. The first-order valence-corrected chi connectivity index (χ1v) is 5.82.